The molecule has 2 aromatic rings. The second-order valence-electron chi connectivity index (χ2n) is 4.66. The van der Waals surface area contributed by atoms with Gasteiger partial charge in [0, 0.05) is 11.3 Å². The van der Waals surface area contributed by atoms with Crippen LogP contribution in [0, 0.1) is 5.82 Å². The van der Waals surface area contributed by atoms with Gasteiger partial charge < -0.3 is 19.5 Å². The third kappa shape index (κ3) is 2.81. The van der Waals surface area contributed by atoms with Gasteiger partial charge in [-0.1, -0.05) is 0 Å². The number of hydrogen-bond acceptors (Lipinski definition) is 4. The third-order valence-corrected chi connectivity index (χ3v) is 3.19. The van der Waals surface area contributed by atoms with E-state index in [-0.39, 0.29) is 11.7 Å². The molecule has 0 aromatic heterocycles. The number of fused-ring (bicyclic) bond motifs is 1. The molecule has 1 amide bonds. The Morgan fingerprint density at radius 1 is 1.18 bits per heavy atom. The summed E-state index contributed by atoms with van der Waals surface area (Å²) in [5, 5.41) is 2.69. The quantitative estimate of drug-likeness (QED) is 0.947. The zero-order valence-electron chi connectivity index (χ0n) is 11.9. The zero-order chi connectivity index (χ0) is 15.5. The molecule has 0 fully saturated rings. The molecule has 22 heavy (non-hydrogen) atoms. The molecule has 0 unspecified atom stereocenters. The summed E-state index contributed by atoms with van der Waals surface area (Å²) in [7, 11) is 1.50. The maximum absolute atomic E-state index is 12.9. The lowest BCUT2D eigenvalue weighted by Gasteiger charge is -2.21. The van der Waals surface area contributed by atoms with Crippen LogP contribution >= 0.6 is 0 Å². The molecule has 1 aliphatic heterocycles. The molecular weight excluding hydrogens is 289 g/mol. The minimum Gasteiger partial charge on any atom is -0.493 e. The molecular formula is C16H14FNO4. The number of ether oxygens (including phenoxy) is 3. The van der Waals surface area contributed by atoms with Crippen LogP contribution in [0.3, 0.4) is 0 Å². The molecule has 0 saturated heterocycles. The van der Waals surface area contributed by atoms with Crippen LogP contribution in [-0.2, 0) is 0 Å². The van der Waals surface area contributed by atoms with Crippen LogP contribution in [0.15, 0.2) is 36.4 Å². The SMILES string of the molecule is COc1cc(C(=O)Nc2ccc(F)cc2)cc2c1OCCO2. The Labute approximate surface area is 126 Å². The molecule has 0 bridgehead atoms. The minimum absolute atomic E-state index is 0.345. The Hall–Kier alpha value is -2.76. The van der Waals surface area contributed by atoms with E-state index in [0.29, 0.717) is 41.7 Å². The molecule has 2 aromatic carbocycles. The summed E-state index contributed by atoms with van der Waals surface area (Å²) >= 11 is 0. The van der Waals surface area contributed by atoms with Gasteiger partial charge in [0.05, 0.1) is 7.11 Å². The van der Waals surface area contributed by atoms with Crippen LogP contribution in [0.25, 0.3) is 0 Å². The first-order valence-corrected chi connectivity index (χ1v) is 6.72. The fourth-order valence-electron chi connectivity index (χ4n) is 2.14. The van der Waals surface area contributed by atoms with Gasteiger partial charge in [-0.15, -0.1) is 0 Å². The smallest absolute Gasteiger partial charge is 0.255 e. The van der Waals surface area contributed by atoms with E-state index < -0.39 is 0 Å². The highest BCUT2D eigenvalue weighted by Crippen LogP contribution is 2.40. The minimum atomic E-state index is -0.362. The van der Waals surface area contributed by atoms with Crippen molar-refractivity contribution in [2.24, 2.45) is 0 Å². The second-order valence-corrected chi connectivity index (χ2v) is 4.66. The van der Waals surface area contributed by atoms with Gasteiger partial charge in [0.15, 0.2) is 11.5 Å². The molecule has 0 saturated carbocycles. The van der Waals surface area contributed by atoms with Crippen LogP contribution in [0.1, 0.15) is 10.4 Å². The van der Waals surface area contributed by atoms with Crippen molar-refractivity contribution in [3.63, 3.8) is 0 Å². The molecule has 1 N–H and O–H groups in total. The first-order valence-electron chi connectivity index (χ1n) is 6.72. The summed E-state index contributed by atoms with van der Waals surface area (Å²) < 4.78 is 29.1. The first-order chi connectivity index (χ1) is 10.7. The van der Waals surface area contributed by atoms with E-state index in [2.05, 4.69) is 5.32 Å². The lowest BCUT2D eigenvalue weighted by molar-refractivity contribution is 0.102. The summed E-state index contributed by atoms with van der Waals surface area (Å²) in [6.07, 6.45) is 0. The number of benzene rings is 2. The Kier molecular flexibility index (Phi) is 3.82. The number of halogens is 1. The Morgan fingerprint density at radius 2 is 1.91 bits per heavy atom. The Morgan fingerprint density at radius 3 is 2.64 bits per heavy atom. The number of methoxy groups -OCH3 is 1. The lowest BCUT2D eigenvalue weighted by atomic mass is 10.1. The first kappa shape index (κ1) is 14.2. The van der Waals surface area contributed by atoms with Crippen molar-refractivity contribution in [3.05, 3.63) is 47.8 Å². The number of amides is 1. The number of rotatable bonds is 3. The summed E-state index contributed by atoms with van der Waals surface area (Å²) in [6.45, 7) is 0.851. The van der Waals surface area contributed by atoms with Gasteiger partial charge in [-0.3, -0.25) is 4.79 Å². The van der Waals surface area contributed by atoms with Gasteiger partial charge in [-0.05, 0) is 36.4 Å². The average Bonchev–Trinajstić information content (AvgIpc) is 2.55. The maximum atomic E-state index is 12.9. The topological polar surface area (TPSA) is 56.8 Å². The molecule has 5 nitrogen and oxygen atoms in total. The van der Waals surface area contributed by atoms with E-state index in [4.69, 9.17) is 14.2 Å². The average molecular weight is 303 g/mol. The van der Waals surface area contributed by atoms with Crippen molar-refractivity contribution < 1.29 is 23.4 Å². The predicted octanol–water partition coefficient (Wildman–Crippen LogP) is 2.86. The molecule has 0 atom stereocenters. The van der Waals surface area contributed by atoms with Gasteiger partial charge in [0.25, 0.3) is 5.91 Å². The highest BCUT2D eigenvalue weighted by Gasteiger charge is 2.20. The van der Waals surface area contributed by atoms with E-state index in [1.165, 1.54) is 31.4 Å². The van der Waals surface area contributed by atoms with E-state index in [0.717, 1.165) is 0 Å². The Bertz CT molecular complexity index is 683. The Balaban J connectivity index is 1.87. The highest BCUT2D eigenvalue weighted by molar-refractivity contribution is 6.05. The van der Waals surface area contributed by atoms with Crippen LogP contribution in [0.2, 0.25) is 0 Å². The fourth-order valence-corrected chi connectivity index (χ4v) is 2.14. The predicted molar refractivity (Wildman–Crippen MR) is 78.3 cm³/mol. The molecule has 1 aliphatic rings. The second kappa shape index (κ2) is 5.93. The normalized spacial score (nSPS) is 12.6. The fraction of sp³-hybridized carbons (Fsp3) is 0.188. The number of nitrogens with one attached hydrogen (secondary N) is 1. The molecule has 0 aliphatic carbocycles. The van der Waals surface area contributed by atoms with Crippen LogP contribution in [0.4, 0.5) is 10.1 Å². The van der Waals surface area contributed by atoms with Crippen molar-refractivity contribution >= 4 is 11.6 Å². The van der Waals surface area contributed by atoms with E-state index in [1.54, 1.807) is 12.1 Å². The van der Waals surface area contributed by atoms with Crippen LogP contribution in [-0.4, -0.2) is 26.2 Å². The zero-order valence-corrected chi connectivity index (χ0v) is 11.9. The number of anilines is 1. The molecule has 0 radical (unpaired) electrons. The van der Waals surface area contributed by atoms with E-state index >= 15 is 0 Å². The number of hydrogen-bond donors (Lipinski definition) is 1. The van der Waals surface area contributed by atoms with E-state index in [1.807, 2.05) is 0 Å². The van der Waals surface area contributed by atoms with Crippen LogP contribution < -0.4 is 19.5 Å². The summed E-state index contributed by atoms with van der Waals surface area (Å²) in [5.41, 5.74) is 0.866. The van der Waals surface area contributed by atoms with Gasteiger partial charge in [0.1, 0.15) is 19.0 Å². The maximum Gasteiger partial charge on any atom is 0.255 e. The monoisotopic (exact) mass is 303 g/mol. The van der Waals surface area contributed by atoms with Crippen molar-refractivity contribution in [3.8, 4) is 17.2 Å². The summed E-state index contributed by atoms with van der Waals surface area (Å²) in [4.78, 5) is 12.3. The van der Waals surface area contributed by atoms with Gasteiger partial charge in [0.2, 0.25) is 5.75 Å². The van der Waals surface area contributed by atoms with Crippen molar-refractivity contribution in [1.82, 2.24) is 0 Å². The lowest BCUT2D eigenvalue weighted by Crippen LogP contribution is -2.18. The van der Waals surface area contributed by atoms with E-state index in [9.17, 15) is 9.18 Å². The van der Waals surface area contributed by atoms with Gasteiger partial charge in [-0.2, -0.15) is 0 Å². The van der Waals surface area contributed by atoms with Crippen molar-refractivity contribution in [1.29, 1.82) is 0 Å². The molecule has 0 spiro atoms. The van der Waals surface area contributed by atoms with Crippen molar-refractivity contribution in [2.75, 3.05) is 25.6 Å². The molecule has 3 rings (SSSR count). The van der Waals surface area contributed by atoms with Gasteiger partial charge in [-0.25, -0.2) is 4.39 Å². The standard InChI is InChI=1S/C16H14FNO4/c1-20-13-8-10(9-14-15(13)22-7-6-21-14)16(19)18-12-4-2-11(17)3-5-12/h2-5,8-9H,6-7H2,1H3,(H,18,19). The number of carbonyl (C=O) groups excluding carboxylic acids is 1. The summed E-state index contributed by atoms with van der Waals surface area (Å²) in [5.74, 6) is 0.685. The third-order valence-electron chi connectivity index (χ3n) is 3.19. The molecule has 114 valence electrons. The summed E-state index contributed by atoms with van der Waals surface area (Å²) in [6, 6.07) is 8.70. The van der Waals surface area contributed by atoms with Gasteiger partial charge >= 0.3 is 0 Å². The van der Waals surface area contributed by atoms with Crippen LogP contribution in [0.5, 0.6) is 17.2 Å². The largest absolute Gasteiger partial charge is 0.493 e. The number of carbonyl (C=O) groups is 1. The highest BCUT2D eigenvalue weighted by atomic mass is 19.1. The van der Waals surface area contributed by atoms with Crippen molar-refractivity contribution in [2.45, 2.75) is 0 Å². The molecule has 6 heteroatoms. The molecule has 1 heterocycles.